The van der Waals surface area contributed by atoms with Crippen LogP contribution in [0.5, 0.6) is 23.0 Å². The van der Waals surface area contributed by atoms with Crippen molar-refractivity contribution in [2.24, 2.45) is 0 Å². The first-order valence-electron chi connectivity index (χ1n) is 31.2. The summed E-state index contributed by atoms with van der Waals surface area (Å²) in [6.45, 7) is 11.1. The standard InChI is InChI=1S/C43H31N.2C18H15N2O.C5H12O2.2Ir/c1-4-14-32(15-5-1)33-24-28-37(29-25-33)44(36-18-8-3-9-19-36)38-30-26-35(27-31-38)43(34-16-6-2-7-17-34)41-22-12-10-20-39(41)40-21-11-13-23-42(40)43;2*1-13-12-19-18(14(2)20-13)15-8-10-17(11-9-15)21-16-6-4-3-5-7-16;1-4(6)3-5(2)7;;/h1-31H;2*3-8,10-12H,1-2H3;4-7H,3H2,1-2H3;;/q;2*-1;;;. The summed E-state index contributed by atoms with van der Waals surface area (Å²) >= 11 is 0. The van der Waals surface area contributed by atoms with Crippen molar-refractivity contribution in [3.63, 3.8) is 0 Å². The van der Waals surface area contributed by atoms with Gasteiger partial charge < -0.3 is 34.6 Å². The fraction of sp³-hybridized carbons (Fsp3) is 0.119. The summed E-state index contributed by atoms with van der Waals surface area (Å²) in [6.07, 6.45) is 3.26. The molecule has 2 atom stereocenters. The number of nitrogens with zero attached hydrogens (tertiary/aromatic N) is 5. The van der Waals surface area contributed by atoms with Crippen LogP contribution in [0.3, 0.4) is 0 Å². The number of aliphatic hydroxyl groups is 2. The van der Waals surface area contributed by atoms with Crippen LogP contribution in [0.25, 0.3) is 44.8 Å². The third-order valence-electron chi connectivity index (χ3n) is 15.8. The van der Waals surface area contributed by atoms with Crippen molar-refractivity contribution >= 4 is 17.1 Å². The van der Waals surface area contributed by atoms with Gasteiger partial charge in [0.25, 0.3) is 0 Å². The van der Waals surface area contributed by atoms with E-state index in [2.05, 4.69) is 225 Å². The fourth-order valence-corrected chi connectivity index (χ4v) is 11.7. The van der Waals surface area contributed by atoms with Crippen LogP contribution in [0.4, 0.5) is 17.1 Å². The van der Waals surface area contributed by atoms with Gasteiger partial charge in [0.15, 0.2) is 0 Å². The minimum atomic E-state index is -0.401. The van der Waals surface area contributed by atoms with Gasteiger partial charge in [-0.1, -0.05) is 188 Å². The van der Waals surface area contributed by atoms with E-state index in [-0.39, 0.29) is 52.4 Å². The maximum Gasteiger partial charge on any atom is 0.114 e. The van der Waals surface area contributed by atoms with Crippen molar-refractivity contribution in [1.29, 1.82) is 0 Å². The fourth-order valence-electron chi connectivity index (χ4n) is 11.7. The van der Waals surface area contributed by atoms with Crippen LogP contribution in [-0.2, 0) is 45.6 Å². The Morgan fingerprint density at radius 3 is 1.15 bits per heavy atom. The van der Waals surface area contributed by atoms with Gasteiger partial charge >= 0.3 is 0 Å². The molecule has 2 radical (unpaired) electrons. The maximum absolute atomic E-state index is 8.56. The van der Waals surface area contributed by atoms with E-state index in [1.54, 1.807) is 26.2 Å². The van der Waals surface area contributed by atoms with Gasteiger partial charge in [-0.2, -0.15) is 0 Å². The molecule has 9 nitrogen and oxygen atoms in total. The molecule has 2 heterocycles. The van der Waals surface area contributed by atoms with E-state index < -0.39 is 5.41 Å². The van der Waals surface area contributed by atoms with Crippen LogP contribution in [0.15, 0.2) is 298 Å². The van der Waals surface area contributed by atoms with Crippen molar-refractivity contribution in [2.45, 2.75) is 65.6 Å². The molecule has 95 heavy (non-hydrogen) atoms. The Hall–Kier alpha value is -9.80. The predicted molar refractivity (Wildman–Crippen MR) is 376 cm³/mol. The zero-order valence-electron chi connectivity index (χ0n) is 53.8. The molecule has 1 aliphatic carbocycles. The van der Waals surface area contributed by atoms with Gasteiger partial charge in [-0.25, -0.2) is 0 Å². The van der Waals surface area contributed by atoms with Gasteiger partial charge in [0.1, 0.15) is 11.5 Å². The molecule has 2 unspecified atom stereocenters. The van der Waals surface area contributed by atoms with Gasteiger partial charge in [-0.15, -0.1) is 59.7 Å². The Morgan fingerprint density at radius 1 is 0.389 bits per heavy atom. The Labute approximate surface area is 585 Å². The normalized spacial score (nSPS) is 11.9. The monoisotopic (exact) mass is 1600 g/mol. The third kappa shape index (κ3) is 17.1. The Kier molecular flexibility index (Phi) is 24.4. The molecular formula is C84H73Ir2N5O4-2. The molecule has 0 bridgehead atoms. The first-order chi connectivity index (χ1) is 45.4. The number of para-hydroxylation sites is 3. The average Bonchev–Trinajstić information content (AvgIpc) is 1.56. The predicted octanol–water partition coefficient (Wildman–Crippen LogP) is 20.0. The quantitative estimate of drug-likeness (QED) is 0.103. The van der Waals surface area contributed by atoms with Crippen LogP contribution >= 0.6 is 0 Å². The molecule has 478 valence electrons. The van der Waals surface area contributed by atoms with Crippen LogP contribution < -0.4 is 14.4 Å². The van der Waals surface area contributed by atoms with Crippen molar-refractivity contribution in [1.82, 2.24) is 19.9 Å². The van der Waals surface area contributed by atoms with E-state index in [4.69, 9.17) is 19.7 Å². The second-order valence-electron chi connectivity index (χ2n) is 22.9. The molecule has 0 amide bonds. The minimum absolute atomic E-state index is 0. The second kappa shape index (κ2) is 33.3. The number of anilines is 3. The number of aliphatic hydroxyl groups excluding tert-OH is 2. The molecule has 0 spiro atoms. The Morgan fingerprint density at radius 2 is 0.747 bits per heavy atom. The number of hydrogen-bond acceptors (Lipinski definition) is 9. The minimum Gasteiger partial charge on any atom is -0.502 e. The molecule has 0 aliphatic heterocycles. The molecule has 1 aliphatic rings. The zero-order chi connectivity index (χ0) is 64.5. The molecule has 0 saturated carbocycles. The topological polar surface area (TPSA) is 114 Å². The van der Waals surface area contributed by atoms with Crippen molar-refractivity contribution in [3.8, 4) is 67.8 Å². The van der Waals surface area contributed by atoms with E-state index in [9.17, 15) is 0 Å². The van der Waals surface area contributed by atoms with E-state index in [0.29, 0.717) is 6.42 Å². The van der Waals surface area contributed by atoms with Crippen LogP contribution in [0, 0.1) is 39.8 Å². The van der Waals surface area contributed by atoms with Gasteiger partial charge in [-0.3, -0.25) is 9.97 Å². The number of hydrogen-bond donors (Lipinski definition) is 2. The summed E-state index contributed by atoms with van der Waals surface area (Å²) in [6, 6.07) is 105. The largest absolute Gasteiger partial charge is 0.502 e. The SMILES string of the molecule is CC(O)CC(C)O.Cc1cnc(-c2[c-]cc(Oc3ccccc3)cc2)c(C)n1.Cc1cnc(-c2[c-]cc(Oc3ccccc3)cc2)c(C)n1.[Ir].[Ir].c1ccc(-c2ccc(N(c3ccccc3)c3ccc(C4(c5ccccc5)c5ccccc5-c5ccccc54)cc3)cc2)cc1. The van der Waals surface area contributed by atoms with E-state index in [1.165, 1.54) is 44.5 Å². The molecule has 2 aromatic heterocycles. The number of aromatic nitrogens is 4. The summed E-state index contributed by atoms with van der Waals surface area (Å²) in [4.78, 5) is 20.0. The number of rotatable bonds is 14. The molecule has 0 saturated heterocycles. The van der Waals surface area contributed by atoms with E-state index in [1.807, 2.05) is 125 Å². The molecule has 13 aromatic rings. The number of benzene rings is 11. The first kappa shape index (κ1) is 69.5. The van der Waals surface area contributed by atoms with Gasteiger partial charge in [-0.05, 0) is 153 Å². The summed E-state index contributed by atoms with van der Waals surface area (Å²) in [7, 11) is 0. The molecule has 11 heteroatoms. The van der Waals surface area contributed by atoms with Gasteiger partial charge in [0, 0.05) is 104 Å². The number of aryl methyl sites for hydroxylation is 4. The van der Waals surface area contributed by atoms with Gasteiger partial charge in [0.05, 0.1) is 29.0 Å². The molecular weight excluding hydrogens is 1530 g/mol. The molecule has 2 N–H and O–H groups in total. The van der Waals surface area contributed by atoms with Crippen LogP contribution in [0.1, 0.15) is 65.3 Å². The maximum atomic E-state index is 8.56. The second-order valence-corrected chi connectivity index (χ2v) is 22.9. The summed E-state index contributed by atoms with van der Waals surface area (Å²) in [5.74, 6) is 3.13. The van der Waals surface area contributed by atoms with E-state index >= 15 is 0 Å². The average molecular weight is 1600 g/mol. The van der Waals surface area contributed by atoms with Crippen molar-refractivity contribution in [3.05, 3.63) is 355 Å². The first-order valence-corrected chi connectivity index (χ1v) is 31.2. The van der Waals surface area contributed by atoms with Crippen LogP contribution in [-0.4, -0.2) is 42.4 Å². The Bertz CT molecular complexity index is 4310. The van der Waals surface area contributed by atoms with Crippen molar-refractivity contribution < 1.29 is 59.9 Å². The summed E-state index contributed by atoms with van der Waals surface area (Å²) < 4.78 is 11.5. The molecule has 11 aromatic carbocycles. The van der Waals surface area contributed by atoms with Crippen molar-refractivity contribution in [2.75, 3.05) is 4.90 Å². The summed E-state index contributed by atoms with van der Waals surface area (Å²) in [5.41, 5.74) is 20.4. The summed E-state index contributed by atoms with van der Waals surface area (Å²) in [5, 5.41) is 17.1. The van der Waals surface area contributed by atoms with Crippen LogP contribution in [0.2, 0.25) is 0 Å². The third-order valence-corrected chi connectivity index (χ3v) is 15.8. The smallest absolute Gasteiger partial charge is 0.114 e. The molecule has 14 rings (SSSR count). The van der Waals surface area contributed by atoms with E-state index in [0.717, 1.165) is 85.4 Å². The molecule has 0 fully saturated rings. The zero-order valence-corrected chi connectivity index (χ0v) is 58.6. The number of ether oxygens (including phenoxy) is 2. The Balaban J connectivity index is 0.000000174. The number of fused-ring (bicyclic) bond motifs is 3. The van der Waals surface area contributed by atoms with Gasteiger partial charge in [0.2, 0.25) is 0 Å².